The maximum absolute atomic E-state index is 11.7. The first-order valence-corrected chi connectivity index (χ1v) is 8.88. The van der Waals surface area contributed by atoms with Crippen LogP contribution in [0.2, 0.25) is 0 Å². The molecule has 1 saturated heterocycles. The summed E-state index contributed by atoms with van der Waals surface area (Å²) in [5.41, 5.74) is 1.03. The van der Waals surface area contributed by atoms with Crippen LogP contribution in [0.15, 0.2) is 28.7 Å². The third-order valence-electron chi connectivity index (χ3n) is 3.39. The number of aliphatic carboxylic acids is 1. The molecule has 1 aromatic carbocycles. The quantitative estimate of drug-likeness (QED) is 0.879. The molecule has 1 unspecified atom stereocenters. The van der Waals surface area contributed by atoms with E-state index >= 15 is 0 Å². The molecule has 7 heteroatoms. The summed E-state index contributed by atoms with van der Waals surface area (Å²) >= 11 is 3.46. The number of carboxylic acids is 1. The third-order valence-corrected chi connectivity index (χ3v) is 5.86. The predicted molar refractivity (Wildman–Crippen MR) is 79.2 cm³/mol. The zero-order valence-corrected chi connectivity index (χ0v) is 13.2. The van der Waals surface area contributed by atoms with Gasteiger partial charge in [-0.25, -0.2) is 8.42 Å². The van der Waals surface area contributed by atoms with Crippen LogP contribution in [-0.2, 0) is 21.2 Å². The Bertz CT molecular complexity index is 602. The molecule has 110 valence electrons. The highest BCUT2D eigenvalue weighted by atomic mass is 79.9. The van der Waals surface area contributed by atoms with Crippen molar-refractivity contribution >= 4 is 31.7 Å². The molecule has 5 nitrogen and oxygen atoms in total. The number of hydrogen-bond acceptors (Lipinski definition) is 4. The number of sulfone groups is 1. The van der Waals surface area contributed by atoms with Crippen molar-refractivity contribution < 1.29 is 18.3 Å². The van der Waals surface area contributed by atoms with Crippen molar-refractivity contribution in [2.75, 3.05) is 18.1 Å². The minimum atomic E-state index is -3.13. The average Bonchev–Trinajstić information content (AvgIpc) is 2.34. The molecule has 1 heterocycles. The smallest absolute Gasteiger partial charge is 0.304 e. The Balaban J connectivity index is 2.16. The average molecular weight is 362 g/mol. The lowest BCUT2D eigenvalue weighted by Gasteiger charge is -2.34. The standard InChI is InChI=1S/C13H16BrNO4S/c14-12-4-2-1-3-10(12)8-15-5-6-20(18,19)9-11(15)7-13(16)17/h1-4,11H,5-9H2,(H,16,17). The van der Waals surface area contributed by atoms with Crippen LogP contribution >= 0.6 is 15.9 Å². The first kappa shape index (κ1) is 15.5. The van der Waals surface area contributed by atoms with Gasteiger partial charge in [-0.05, 0) is 11.6 Å². The van der Waals surface area contributed by atoms with Crippen molar-refractivity contribution in [3.05, 3.63) is 34.3 Å². The molecule has 0 aliphatic carbocycles. The highest BCUT2D eigenvalue weighted by Crippen LogP contribution is 2.22. The second-order valence-corrected chi connectivity index (χ2v) is 8.01. The molecule has 20 heavy (non-hydrogen) atoms. The minimum Gasteiger partial charge on any atom is -0.481 e. The Labute approximate surface area is 126 Å². The number of halogens is 1. The van der Waals surface area contributed by atoms with Crippen molar-refractivity contribution in [3.8, 4) is 0 Å². The van der Waals surface area contributed by atoms with Gasteiger partial charge in [-0.15, -0.1) is 0 Å². The number of hydrogen-bond donors (Lipinski definition) is 1. The lowest BCUT2D eigenvalue weighted by atomic mass is 10.1. The zero-order chi connectivity index (χ0) is 14.8. The summed E-state index contributed by atoms with van der Waals surface area (Å²) < 4.78 is 24.3. The summed E-state index contributed by atoms with van der Waals surface area (Å²) in [5, 5.41) is 8.94. The van der Waals surface area contributed by atoms with Gasteiger partial charge in [0.2, 0.25) is 0 Å². The lowest BCUT2D eigenvalue weighted by Crippen LogP contribution is -2.48. The molecule has 2 rings (SSSR count). The van der Waals surface area contributed by atoms with E-state index in [2.05, 4.69) is 15.9 Å². The molecule has 1 fully saturated rings. The van der Waals surface area contributed by atoms with Crippen LogP contribution in [0, 0.1) is 0 Å². The summed E-state index contributed by atoms with van der Waals surface area (Å²) in [6.07, 6.45) is -0.149. The van der Waals surface area contributed by atoms with Gasteiger partial charge in [0.15, 0.2) is 9.84 Å². The second kappa shape index (κ2) is 6.24. The van der Waals surface area contributed by atoms with Gasteiger partial charge in [-0.1, -0.05) is 34.1 Å². The van der Waals surface area contributed by atoms with E-state index in [1.807, 2.05) is 29.2 Å². The fourth-order valence-electron chi connectivity index (χ4n) is 2.36. The normalized spacial score (nSPS) is 22.6. The molecular weight excluding hydrogens is 346 g/mol. The molecule has 1 aliphatic rings. The van der Waals surface area contributed by atoms with Gasteiger partial charge >= 0.3 is 5.97 Å². The molecule has 0 radical (unpaired) electrons. The first-order chi connectivity index (χ1) is 9.37. The zero-order valence-electron chi connectivity index (χ0n) is 10.8. The highest BCUT2D eigenvalue weighted by molar-refractivity contribution is 9.10. The number of nitrogens with zero attached hydrogens (tertiary/aromatic N) is 1. The van der Waals surface area contributed by atoms with Crippen molar-refractivity contribution in [1.29, 1.82) is 0 Å². The Morgan fingerprint density at radius 2 is 2.10 bits per heavy atom. The Morgan fingerprint density at radius 1 is 1.40 bits per heavy atom. The molecule has 0 spiro atoms. The molecule has 1 atom stereocenters. The summed E-state index contributed by atoms with van der Waals surface area (Å²) in [6, 6.07) is 7.22. The molecular formula is C13H16BrNO4S. The topological polar surface area (TPSA) is 74.7 Å². The van der Waals surface area contributed by atoms with E-state index < -0.39 is 21.8 Å². The number of carboxylic acid groups (broad SMARTS) is 1. The Morgan fingerprint density at radius 3 is 2.75 bits per heavy atom. The van der Waals surface area contributed by atoms with E-state index in [9.17, 15) is 13.2 Å². The molecule has 1 N–H and O–H groups in total. The summed E-state index contributed by atoms with van der Waals surface area (Å²) in [5.74, 6) is -0.957. The molecule has 0 bridgehead atoms. The van der Waals surface area contributed by atoms with Crippen LogP contribution in [0.1, 0.15) is 12.0 Å². The van der Waals surface area contributed by atoms with Gasteiger partial charge in [0.25, 0.3) is 0 Å². The van der Waals surface area contributed by atoms with E-state index in [1.165, 1.54) is 0 Å². The van der Waals surface area contributed by atoms with Crippen LogP contribution in [0.3, 0.4) is 0 Å². The summed E-state index contributed by atoms with van der Waals surface area (Å²) in [7, 11) is -3.13. The fraction of sp³-hybridized carbons (Fsp3) is 0.462. The second-order valence-electron chi connectivity index (χ2n) is 4.93. The van der Waals surface area contributed by atoms with E-state index in [-0.39, 0.29) is 17.9 Å². The SMILES string of the molecule is O=C(O)CC1CS(=O)(=O)CCN1Cc1ccccc1Br. The first-order valence-electron chi connectivity index (χ1n) is 6.27. The lowest BCUT2D eigenvalue weighted by molar-refractivity contribution is -0.138. The predicted octanol–water partition coefficient (Wildman–Crippen LogP) is 1.52. The molecule has 0 aromatic heterocycles. The molecule has 0 saturated carbocycles. The van der Waals surface area contributed by atoms with E-state index in [0.29, 0.717) is 13.1 Å². The van der Waals surface area contributed by atoms with Gasteiger partial charge in [0.05, 0.1) is 17.9 Å². The van der Waals surface area contributed by atoms with Gasteiger partial charge in [0.1, 0.15) is 0 Å². The maximum Gasteiger partial charge on any atom is 0.304 e. The number of benzene rings is 1. The highest BCUT2D eigenvalue weighted by Gasteiger charge is 2.32. The fourth-order valence-corrected chi connectivity index (χ4v) is 4.37. The van der Waals surface area contributed by atoms with Crippen molar-refractivity contribution in [1.82, 2.24) is 4.90 Å². The van der Waals surface area contributed by atoms with Gasteiger partial charge < -0.3 is 5.11 Å². The molecule has 0 amide bonds. The van der Waals surface area contributed by atoms with Crippen LogP contribution in [0.4, 0.5) is 0 Å². The monoisotopic (exact) mass is 361 g/mol. The van der Waals surface area contributed by atoms with Crippen LogP contribution in [-0.4, -0.2) is 48.5 Å². The van der Waals surface area contributed by atoms with Gasteiger partial charge in [-0.2, -0.15) is 0 Å². The largest absolute Gasteiger partial charge is 0.481 e. The third kappa shape index (κ3) is 4.04. The Hall–Kier alpha value is -0.920. The Kier molecular flexibility index (Phi) is 4.82. The van der Waals surface area contributed by atoms with Gasteiger partial charge in [0, 0.05) is 23.6 Å². The summed E-state index contributed by atoms with van der Waals surface area (Å²) in [6.45, 7) is 0.927. The molecule has 1 aromatic rings. The maximum atomic E-state index is 11.7. The van der Waals surface area contributed by atoms with E-state index in [4.69, 9.17) is 5.11 Å². The van der Waals surface area contributed by atoms with Crippen molar-refractivity contribution in [3.63, 3.8) is 0 Å². The van der Waals surface area contributed by atoms with Crippen LogP contribution in [0.5, 0.6) is 0 Å². The van der Waals surface area contributed by atoms with Gasteiger partial charge in [-0.3, -0.25) is 9.69 Å². The summed E-state index contributed by atoms with van der Waals surface area (Å²) in [4.78, 5) is 12.9. The van der Waals surface area contributed by atoms with E-state index in [1.54, 1.807) is 0 Å². The number of carbonyl (C=O) groups is 1. The number of rotatable bonds is 4. The van der Waals surface area contributed by atoms with Crippen molar-refractivity contribution in [2.45, 2.75) is 19.0 Å². The van der Waals surface area contributed by atoms with Crippen LogP contribution in [0.25, 0.3) is 0 Å². The molecule has 1 aliphatic heterocycles. The van der Waals surface area contributed by atoms with E-state index in [0.717, 1.165) is 10.0 Å². The van der Waals surface area contributed by atoms with Crippen molar-refractivity contribution in [2.24, 2.45) is 0 Å². The van der Waals surface area contributed by atoms with Crippen LogP contribution < -0.4 is 0 Å². The minimum absolute atomic E-state index is 0.0796.